The minimum atomic E-state index is -0.734. The van der Waals surface area contributed by atoms with Crippen LogP contribution in [0.5, 0.6) is 0 Å². The van der Waals surface area contributed by atoms with E-state index in [4.69, 9.17) is 4.74 Å². The van der Waals surface area contributed by atoms with Crippen LogP contribution in [-0.4, -0.2) is 45.8 Å². The van der Waals surface area contributed by atoms with Crippen LogP contribution >= 0.6 is 24.4 Å². The van der Waals surface area contributed by atoms with Gasteiger partial charge in [-0.15, -0.1) is 17.7 Å². The molecule has 1 atom stereocenters. The predicted octanol–water partition coefficient (Wildman–Crippen LogP) is 2.83. The third kappa shape index (κ3) is 6.36. The molecule has 30 heavy (non-hydrogen) atoms. The predicted molar refractivity (Wildman–Crippen MR) is 119 cm³/mol. The van der Waals surface area contributed by atoms with Gasteiger partial charge in [0.25, 0.3) is 0 Å². The lowest BCUT2D eigenvalue weighted by atomic mass is 10.2. The first-order valence-corrected chi connectivity index (χ1v) is 10.8. The molecule has 0 unspecified atom stereocenters. The second kappa shape index (κ2) is 10.8. The lowest BCUT2D eigenvalue weighted by Crippen LogP contribution is -2.44. The molecule has 1 aromatic heterocycles. The molecule has 3 aromatic rings. The first-order valence-electron chi connectivity index (χ1n) is 9.23. The monoisotopic (exact) mass is 442 g/mol. The molecule has 1 amide bonds. The van der Waals surface area contributed by atoms with Crippen molar-refractivity contribution in [3.63, 3.8) is 0 Å². The van der Waals surface area contributed by atoms with E-state index < -0.39 is 12.0 Å². The largest absolute Gasteiger partial charge is 0.467 e. The summed E-state index contributed by atoms with van der Waals surface area (Å²) in [6.07, 6.45) is 1.68. The molecule has 0 saturated heterocycles. The maximum Gasteiger partial charge on any atom is 0.329 e. The van der Waals surface area contributed by atoms with Crippen LogP contribution in [0.15, 0.2) is 65.7 Å². The number of hydrogen-bond donors (Lipinski definition) is 2. The highest BCUT2D eigenvalue weighted by atomic mass is 32.2. The summed E-state index contributed by atoms with van der Waals surface area (Å²) in [6, 6.07) is 16.7. The second-order valence-corrected chi connectivity index (χ2v) is 8.04. The molecule has 0 saturated carbocycles. The molecule has 9 heteroatoms. The van der Waals surface area contributed by atoms with Crippen molar-refractivity contribution in [1.29, 1.82) is 0 Å². The molecule has 0 bridgehead atoms. The highest BCUT2D eigenvalue weighted by molar-refractivity contribution is 7.98. The Balaban J connectivity index is 1.55. The number of nitrogens with one attached hydrogen (secondary N) is 1. The molecule has 0 radical (unpaired) electrons. The molecule has 1 N–H and O–H groups in total. The van der Waals surface area contributed by atoms with Crippen LogP contribution in [0.4, 0.5) is 0 Å². The smallest absolute Gasteiger partial charge is 0.329 e. The number of rotatable bonds is 9. The lowest BCUT2D eigenvalue weighted by Gasteiger charge is -2.16. The number of esters is 1. The molecule has 0 aliphatic carbocycles. The van der Waals surface area contributed by atoms with E-state index in [0.29, 0.717) is 11.4 Å². The Morgan fingerprint density at radius 2 is 1.90 bits per heavy atom. The fourth-order valence-corrected chi connectivity index (χ4v) is 3.86. The van der Waals surface area contributed by atoms with Gasteiger partial charge in [0.05, 0.1) is 13.3 Å². The minimum Gasteiger partial charge on any atom is -0.467 e. The zero-order valence-corrected chi connectivity index (χ0v) is 18.1. The molecule has 2 aromatic carbocycles. The van der Waals surface area contributed by atoms with Crippen molar-refractivity contribution in [2.75, 3.05) is 12.9 Å². The number of nitrogens with zero attached hydrogens (tertiary/aromatic N) is 3. The Morgan fingerprint density at radius 1 is 1.17 bits per heavy atom. The summed E-state index contributed by atoms with van der Waals surface area (Å²) >= 11 is 5.81. The number of amides is 1. The van der Waals surface area contributed by atoms with Crippen molar-refractivity contribution in [2.24, 2.45) is 0 Å². The van der Waals surface area contributed by atoms with Crippen molar-refractivity contribution in [2.45, 2.75) is 23.2 Å². The van der Waals surface area contributed by atoms with Crippen molar-refractivity contribution in [3.8, 4) is 11.3 Å². The van der Waals surface area contributed by atoms with Crippen LogP contribution in [-0.2, 0) is 26.6 Å². The van der Waals surface area contributed by atoms with Crippen LogP contribution in [0.1, 0.15) is 5.56 Å². The van der Waals surface area contributed by atoms with Crippen LogP contribution in [0.3, 0.4) is 0 Å². The van der Waals surface area contributed by atoms with Gasteiger partial charge in [0.15, 0.2) is 0 Å². The first-order chi connectivity index (χ1) is 14.5. The van der Waals surface area contributed by atoms with Gasteiger partial charge >= 0.3 is 5.97 Å². The van der Waals surface area contributed by atoms with Crippen molar-refractivity contribution < 1.29 is 14.3 Å². The van der Waals surface area contributed by atoms with Gasteiger partial charge in [0.1, 0.15) is 18.3 Å². The van der Waals surface area contributed by atoms with Crippen molar-refractivity contribution in [3.05, 3.63) is 66.4 Å². The second-order valence-electron chi connectivity index (χ2n) is 6.49. The van der Waals surface area contributed by atoms with Gasteiger partial charge in [0, 0.05) is 22.0 Å². The molecule has 1 heterocycles. The van der Waals surface area contributed by atoms with Crippen LogP contribution in [0.2, 0.25) is 0 Å². The molecule has 3 rings (SSSR count). The van der Waals surface area contributed by atoms with Gasteiger partial charge in [-0.3, -0.25) is 4.79 Å². The summed E-state index contributed by atoms with van der Waals surface area (Å²) in [4.78, 5) is 25.4. The fourth-order valence-electron chi connectivity index (χ4n) is 2.71. The number of carbonyl (C=O) groups is 2. The molecule has 0 spiro atoms. The van der Waals surface area contributed by atoms with E-state index in [1.165, 1.54) is 11.8 Å². The molecule has 7 nitrogen and oxygen atoms in total. The number of benzene rings is 2. The van der Waals surface area contributed by atoms with Crippen LogP contribution < -0.4 is 5.32 Å². The van der Waals surface area contributed by atoms with Gasteiger partial charge in [0.2, 0.25) is 5.91 Å². The highest BCUT2D eigenvalue weighted by Crippen LogP contribution is 2.18. The Morgan fingerprint density at radius 3 is 2.60 bits per heavy atom. The third-order valence-corrected chi connectivity index (χ3v) is 5.63. The average Bonchev–Trinajstić information content (AvgIpc) is 3.22. The van der Waals surface area contributed by atoms with Crippen molar-refractivity contribution >= 4 is 36.3 Å². The maximum atomic E-state index is 12.4. The zero-order valence-electron chi connectivity index (χ0n) is 16.4. The first kappa shape index (κ1) is 21.9. The van der Waals surface area contributed by atoms with E-state index >= 15 is 0 Å². The van der Waals surface area contributed by atoms with E-state index in [-0.39, 0.29) is 12.5 Å². The summed E-state index contributed by atoms with van der Waals surface area (Å²) in [5.41, 5.74) is 2.68. The van der Waals surface area contributed by atoms with E-state index in [0.717, 1.165) is 21.8 Å². The standard InChI is InChI=1S/C21H22N4O3S2/c1-28-21(27)19(14-30-13-15-5-3-2-4-6-15)22-20(26)12-25-11-18(23-24-25)16-7-9-17(29)10-8-16/h2-11,19,29H,12-14H2,1H3,(H,22,26)/t19-/m0/s1. The van der Waals surface area contributed by atoms with Gasteiger partial charge in [-0.2, -0.15) is 11.8 Å². The summed E-state index contributed by atoms with van der Waals surface area (Å²) < 4.78 is 6.27. The molecule has 0 fully saturated rings. The van der Waals surface area contributed by atoms with Gasteiger partial charge < -0.3 is 10.1 Å². The van der Waals surface area contributed by atoms with Gasteiger partial charge in [-0.25, -0.2) is 9.48 Å². The molecule has 156 valence electrons. The topological polar surface area (TPSA) is 86.1 Å². The summed E-state index contributed by atoms with van der Waals surface area (Å²) in [7, 11) is 1.31. The van der Waals surface area contributed by atoms with Gasteiger partial charge in [-0.1, -0.05) is 47.7 Å². The number of ether oxygens (including phenoxy) is 1. The Hall–Kier alpha value is -2.78. The molecular formula is C21H22N4O3S2. The Kier molecular flexibility index (Phi) is 7.92. The number of hydrogen-bond acceptors (Lipinski definition) is 7. The Bertz CT molecular complexity index is 977. The Labute approximate surface area is 184 Å². The number of thioether (sulfide) groups is 1. The van der Waals surface area contributed by atoms with E-state index in [1.54, 1.807) is 18.0 Å². The zero-order chi connectivity index (χ0) is 21.3. The molecule has 0 aliphatic heterocycles. The number of thiol groups is 1. The van der Waals surface area contributed by atoms with Gasteiger partial charge in [-0.05, 0) is 17.7 Å². The van der Waals surface area contributed by atoms with E-state index in [2.05, 4.69) is 28.3 Å². The van der Waals surface area contributed by atoms with Crippen LogP contribution in [0, 0.1) is 0 Å². The maximum absolute atomic E-state index is 12.4. The SMILES string of the molecule is COC(=O)[C@H](CSCc1ccccc1)NC(=O)Cn1cc(-c2ccc(S)cc2)nn1. The minimum absolute atomic E-state index is 0.0471. The van der Waals surface area contributed by atoms with E-state index in [9.17, 15) is 9.59 Å². The number of methoxy groups -OCH3 is 1. The van der Waals surface area contributed by atoms with Crippen LogP contribution in [0.25, 0.3) is 11.3 Å². The summed E-state index contributed by atoms with van der Waals surface area (Å²) in [5, 5.41) is 10.8. The number of aromatic nitrogens is 3. The summed E-state index contributed by atoms with van der Waals surface area (Å²) in [6.45, 7) is -0.0471. The third-order valence-electron chi connectivity index (χ3n) is 4.22. The normalized spacial score (nSPS) is 11.7. The summed E-state index contributed by atoms with van der Waals surface area (Å²) in [5.74, 6) is 0.330. The lowest BCUT2D eigenvalue weighted by molar-refractivity contribution is -0.144. The quantitative estimate of drug-likeness (QED) is 0.392. The fraction of sp³-hybridized carbons (Fsp3) is 0.238. The molecular weight excluding hydrogens is 420 g/mol. The molecule has 0 aliphatic rings. The average molecular weight is 443 g/mol. The van der Waals surface area contributed by atoms with E-state index in [1.807, 2.05) is 54.6 Å². The highest BCUT2D eigenvalue weighted by Gasteiger charge is 2.22. The van der Waals surface area contributed by atoms with Crippen molar-refractivity contribution in [1.82, 2.24) is 20.3 Å². The number of carbonyl (C=O) groups excluding carboxylic acids is 2.